The van der Waals surface area contributed by atoms with Gasteiger partial charge in [-0.3, -0.25) is 10.1 Å². The Kier molecular flexibility index (Phi) is 5.99. The van der Waals surface area contributed by atoms with Crippen molar-refractivity contribution >= 4 is 15.7 Å². The summed E-state index contributed by atoms with van der Waals surface area (Å²) in [5.41, 5.74) is 1.61. The molecule has 0 N–H and O–H groups in total. The molecule has 0 spiro atoms. The van der Waals surface area contributed by atoms with E-state index in [0.29, 0.717) is 19.0 Å². The number of morpholine rings is 1. The van der Waals surface area contributed by atoms with E-state index >= 15 is 0 Å². The highest BCUT2D eigenvalue weighted by Crippen LogP contribution is 2.35. The molecule has 3 aromatic carbocycles. The smallest absolute Gasteiger partial charge is 0.312 e. The van der Waals surface area contributed by atoms with Crippen LogP contribution < -0.4 is 4.74 Å². The molecule has 0 saturated carbocycles. The number of nitrogens with zero attached hydrogens (tertiary/aromatic N) is 2. The van der Waals surface area contributed by atoms with Crippen LogP contribution in [0.25, 0.3) is 11.1 Å². The van der Waals surface area contributed by atoms with E-state index in [4.69, 9.17) is 9.47 Å². The van der Waals surface area contributed by atoms with Gasteiger partial charge >= 0.3 is 5.69 Å². The summed E-state index contributed by atoms with van der Waals surface area (Å²) in [7, 11) is -3.85. The first kappa shape index (κ1) is 21.0. The molecule has 3 aromatic rings. The maximum Gasteiger partial charge on any atom is 0.312 e. The molecule has 1 saturated heterocycles. The molecule has 1 aliphatic rings. The molecule has 31 heavy (non-hydrogen) atoms. The molecule has 0 amide bonds. The first-order chi connectivity index (χ1) is 14.9. The van der Waals surface area contributed by atoms with E-state index < -0.39 is 20.6 Å². The van der Waals surface area contributed by atoms with E-state index in [-0.39, 0.29) is 23.7 Å². The third-order valence-corrected chi connectivity index (χ3v) is 6.82. The summed E-state index contributed by atoms with van der Waals surface area (Å²) in [6.45, 7) is 1.01. The summed E-state index contributed by atoms with van der Waals surface area (Å²) >= 11 is 0. The second kappa shape index (κ2) is 8.84. The van der Waals surface area contributed by atoms with Gasteiger partial charge in [-0.2, -0.15) is 4.31 Å². The number of ether oxygens (including phenoxy) is 2. The normalized spacial score (nSPS) is 14.8. The molecule has 0 unspecified atom stereocenters. The Morgan fingerprint density at radius 3 is 2.19 bits per heavy atom. The van der Waals surface area contributed by atoms with Crippen molar-refractivity contribution in [3.8, 4) is 22.6 Å². The zero-order chi connectivity index (χ0) is 21.8. The summed E-state index contributed by atoms with van der Waals surface area (Å²) in [6, 6.07) is 20.6. The Balaban J connectivity index is 1.59. The molecule has 4 rings (SSSR count). The van der Waals surface area contributed by atoms with Gasteiger partial charge in [-0.15, -0.1) is 0 Å². The summed E-state index contributed by atoms with van der Waals surface area (Å²) in [5.74, 6) is 0.380. The largest absolute Gasteiger partial charge is 0.450 e. The minimum Gasteiger partial charge on any atom is -0.450 e. The van der Waals surface area contributed by atoms with E-state index in [9.17, 15) is 18.5 Å². The molecule has 8 nitrogen and oxygen atoms in total. The van der Waals surface area contributed by atoms with E-state index in [1.807, 2.05) is 42.5 Å². The number of hydrogen-bond donors (Lipinski definition) is 0. The lowest BCUT2D eigenvalue weighted by Gasteiger charge is -2.26. The zero-order valence-electron chi connectivity index (χ0n) is 16.5. The van der Waals surface area contributed by atoms with Gasteiger partial charge in [-0.25, -0.2) is 8.42 Å². The number of rotatable bonds is 6. The van der Waals surface area contributed by atoms with Crippen molar-refractivity contribution in [3.05, 3.63) is 82.9 Å². The molecule has 9 heteroatoms. The molecule has 0 aliphatic carbocycles. The fraction of sp³-hybridized carbons (Fsp3) is 0.182. The van der Waals surface area contributed by atoms with E-state index in [1.54, 1.807) is 12.1 Å². The molecule has 1 heterocycles. The van der Waals surface area contributed by atoms with Crippen LogP contribution in [0.15, 0.2) is 77.7 Å². The number of sulfonamides is 1. The molecule has 0 aromatic heterocycles. The van der Waals surface area contributed by atoms with Gasteiger partial charge in [0.2, 0.25) is 15.8 Å². The number of nitro groups is 1. The van der Waals surface area contributed by atoms with Crippen LogP contribution in [0.4, 0.5) is 5.69 Å². The Morgan fingerprint density at radius 1 is 0.903 bits per heavy atom. The third-order valence-electron chi connectivity index (χ3n) is 4.92. The lowest BCUT2D eigenvalue weighted by atomic mass is 10.1. The van der Waals surface area contributed by atoms with Crippen LogP contribution in [-0.2, 0) is 14.8 Å². The van der Waals surface area contributed by atoms with Gasteiger partial charge in [0.1, 0.15) is 5.75 Å². The Hall–Kier alpha value is -3.27. The number of benzene rings is 3. The van der Waals surface area contributed by atoms with Gasteiger partial charge in [0, 0.05) is 19.2 Å². The van der Waals surface area contributed by atoms with E-state index in [0.717, 1.165) is 17.2 Å². The quantitative estimate of drug-likeness (QED) is 0.423. The van der Waals surface area contributed by atoms with Crippen LogP contribution in [0, 0.1) is 10.1 Å². The van der Waals surface area contributed by atoms with Crippen molar-refractivity contribution in [1.29, 1.82) is 0 Å². The lowest BCUT2D eigenvalue weighted by molar-refractivity contribution is -0.385. The van der Waals surface area contributed by atoms with Gasteiger partial charge < -0.3 is 9.47 Å². The van der Waals surface area contributed by atoms with Gasteiger partial charge in [0.25, 0.3) is 0 Å². The van der Waals surface area contributed by atoms with Crippen LogP contribution >= 0.6 is 0 Å². The minimum atomic E-state index is -3.85. The molecule has 0 radical (unpaired) electrons. The average Bonchev–Trinajstić information content (AvgIpc) is 2.81. The summed E-state index contributed by atoms with van der Waals surface area (Å²) < 4.78 is 37.8. The van der Waals surface area contributed by atoms with Crippen LogP contribution in [0.3, 0.4) is 0 Å². The monoisotopic (exact) mass is 440 g/mol. The highest BCUT2D eigenvalue weighted by molar-refractivity contribution is 7.89. The number of nitro benzene ring substituents is 1. The van der Waals surface area contributed by atoms with E-state index in [1.165, 1.54) is 16.4 Å². The summed E-state index contributed by atoms with van der Waals surface area (Å²) in [6.07, 6.45) is 0. The van der Waals surface area contributed by atoms with Crippen molar-refractivity contribution in [1.82, 2.24) is 4.31 Å². The van der Waals surface area contributed by atoms with Gasteiger partial charge in [0.15, 0.2) is 0 Å². The van der Waals surface area contributed by atoms with Gasteiger partial charge in [0.05, 0.1) is 23.0 Å². The molecule has 0 atom stereocenters. The first-order valence-corrected chi connectivity index (χ1v) is 11.1. The summed E-state index contributed by atoms with van der Waals surface area (Å²) in [5, 5.41) is 11.6. The molecular weight excluding hydrogens is 420 g/mol. The fourth-order valence-electron chi connectivity index (χ4n) is 3.30. The standard InChI is InChI=1S/C22H20N2O6S/c25-24(26)21-16-20(31(27,28)23-12-14-29-15-13-23)10-11-22(21)30-19-8-6-18(7-9-19)17-4-2-1-3-5-17/h1-11,16H,12-15H2. The topological polar surface area (TPSA) is 99.0 Å². The van der Waals surface area contributed by atoms with Crippen molar-refractivity contribution in [3.63, 3.8) is 0 Å². The maximum atomic E-state index is 12.8. The molecule has 1 aliphatic heterocycles. The maximum absolute atomic E-state index is 12.8. The van der Waals surface area contributed by atoms with E-state index in [2.05, 4.69) is 0 Å². The SMILES string of the molecule is O=[N+]([O-])c1cc(S(=O)(=O)N2CCOCC2)ccc1Oc1ccc(-c2ccccc2)cc1. The fourth-order valence-corrected chi connectivity index (χ4v) is 4.72. The van der Waals surface area contributed by atoms with Crippen molar-refractivity contribution in [2.24, 2.45) is 0 Å². The van der Waals surface area contributed by atoms with Crippen LogP contribution in [0.5, 0.6) is 11.5 Å². The predicted molar refractivity (Wildman–Crippen MR) is 115 cm³/mol. The summed E-state index contributed by atoms with van der Waals surface area (Å²) in [4.78, 5) is 10.8. The second-order valence-corrected chi connectivity index (χ2v) is 8.83. The van der Waals surface area contributed by atoms with Crippen LogP contribution in [0.2, 0.25) is 0 Å². The minimum absolute atomic E-state index is 0.0293. The number of hydrogen-bond acceptors (Lipinski definition) is 6. The Bertz CT molecular complexity index is 1170. The molecule has 1 fully saturated rings. The zero-order valence-corrected chi connectivity index (χ0v) is 17.3. The Labute approximate surface area is 179 Å². The van der Waals surface area contributed by atoms with Crippen molar-refractivity contribution in [2.45, 2.75) is 4.90 Å². The molecular formula is C22H20N2O6S. The predicted octanol–water partition coefficient (Wildman–Crippen LogP) is 4.08. The lowest BCUT2D eigenvalue weighted by Crippen LogP contribution is -2.40. The van der Waals surface area contributed by atoms with Crippen LogP contribution in [-0.4, -0.2) is 43.9 Å². The first-order valence-electron chi connectivity index (χ1n) is 9.65. The average molecular weight is 440 g/mol. The molecule has 160 valence electrons. The van der Waals surface area contributed by atoms with Crippen molar-refractivity contribution in [2.75, 3.05) is 26.3 Å². The highest BCUT2D eigenvalue weighted by Gasteiger charge is 2.29. The van der Waals surface area contributed by atoms with Crippen LogP contribution in [0.1, 0.15) is 0 Å². The highest BCUT2D eigenvalue weighted by atomic mass is 32.2. The van der Waals surface area contributed by atoms with Gasteiger partial charge in [-0.05, 0) is 35.4 Å². The second-order valence-electron chi connectivity index (χ2n) is 6.90. The van der Waals surface area contributed by atoms with Gasteiger partial charge in [-0.1, -0.05) is 42.5 Å². The Morgan fingerprint density at radius 2 is 1.55 bits per heavy atom. The third kappa shape index (κ3) is 4.58. The van der Waals surface area contributed by atoms with Crippen molar-refractivity contribution < 1.29 is 22.8 Å². The molecule has 0 bridgehead atoms.